The Kier molecular flexibility index (Phi) is 5.37. The third kappa shape index (κ3) is 4.57. The summed E-state index contributed by atoms with van der Waals surface area (Å²) in [4.78, 5) is 4.08. The number of pyridine rings is 1. The number of alkyl halides is 3. The van der Waals surface area contributed by atoms with Crippen LogP contribution < -0.4 is 11.1 Å². The van der Waals surface area contributed by atoms with Crippen LogP contribution in [-0.2, 0) is 12.6 Å². The van der Waals surface area contributed by atoms with Crippen LogP contribution in [0.3, 0.4) is 0 Å². The first-order valence-electron chi connectivity index (χ1n) is 9.22. The van der Waals surface area contributed by atoms with E-state index in [9.17, 15) is 13.2 Å². The summed E-state index contributed by atoms with van der Waals surface area (Å²) in [5.41, 5.74) is 6.90. The summed E-state index contributed by atoms with van der Waals surface area (Å²) in [6.45, 7) is 0.325. The maximum Gasteiger partial charge on any atom is 0.416 e. The smallest absolute Gasteiger partial charge is 0.403 e. The van der Waals surface area contributed by atoms with Crippen LogP contribution in [0.2, 0.25) is 0 Å². The summed E-state index contributed by atoms with van der Waals surface area (Å²) >= 11 is 0. The van der Waals surface area contributed by atoms with Gasteiger partial charge in [-0.1, -0.05) is 23.3 Å². The number of hydrogen-bond donors (Lipinski definition) is 2. The van der Waals surface area contributed by atoms with Crippen LogP contribution in [0.15, 0.2) is 65.3 Å². The normalized spacial score (nSPS) is 12.8. The Bertz CT molecular complexity index is 1140. The summed E-state index contributed by atoms with van der Waals surface area (Å²) in [6, 6.07) is 12.5. The van der Waals surface area contributed by atoms with E-state index in [2.05, 4.69) is 20.5 Å². The summed E-state index contributed by atoms with van der Waals surface area (Å²) in [6.07, 6.45) is -0.451. The predicted octanol–water partition coefficient (Wildman–Crippen LogP) is 4.29. The van der Waals surface area contributed by atoms with Gasteiger partial charge in [0.1, 0.15) is 0 Å². The average Bonchev–Trinajstić information content (AvgIpc) is 3.21. The van der Waals surface area contributed by atoms with Crippen molar-refractivity contribution in [3.05, 3.63) is 72.1 Å². The summed E-state index contributed by atoms with van der Waals surface area (Å²) in [5.74, 6) is 0.368. The van der Waals surface area contributed by atoms with Crippen molar-refractivity contribution in [1.29, 1.82) is 0 Å². The zero-order chi connectivity index (χ0) is 21.1. The van der Waals surface area contributed by atoms with E-state index >= 15 is 0 Å². The van der Waals surface area contributed by atoms with Crippen molar-refractivity contribution in [1.82, 2.24) is 15.2 Å². The molecule has 0 spiro atoms. The standard InChI is InChI=1S/C21H18F3N5O/c22-21(23,24)17-5-1-13(2-6-17)9-18(25)12-27-20-29-28-19(30-20)15-3-4-16-11-26-8-7-14(16)10-15/h1-8,10-11,18H,9,12,25H2,(H,27,29)/t18-/m0/s1. The topological polar surface area (TPSA) is 89.9 Å². The number of hydrogen-bond acceptors (Lipinski definition) is 6. The van der Waals surface area contributed by atoms with Crippen LogP contribution in [0.1, 0.15) is 11.1 Å². The number of halogens is 3. The van der Waals surface area contributed by atoms with E-state index in [0.717, 1.165) is 28.5 Å². The van der Waals surface area contributed by atoms with Crippen molar-refractivity contribution in [2.75, 3.05) is 11.9 Å². The van der Waals surface area contributed by atoms with Crippen LogP contribution >= 0.6 is 0 Å². The molecule has 1 atom stereocenters. The van der Waals surface area contributed by atoms with Crippen LogP contribution in [0.25, 0.3) is 22.2 Å². The van der Waals surface area contributed by atoms with Crippen LogP contribution in [0, 0.1) is 0 Å². The number of fused-ring (bicyclic) bond motifs is 1. The SMILES string of the molecule is N[C@H](CNc1nnc(-c2ccc3cnccc3c2)o1)Cc1ccc(C(F)(F)F)cc1. The lowest BCUT2D eigenvalue weighted by molar-refractivity contribution is -0.137. The molecule has 6 nitrogen and oxygen atoms in total. The molecule has 0 saturated carbocycles. The Morgan fingerprint density at radius 1 is 1.00 bits per heavy atom. The average molecular weight is 413 g/mol. The molecule has 30 heavy (non-hydrogen) atoms. The van der Waals surface area contributed by atoms with Crippen molar-refractivity contribution in [2.24, 2.45) is 5.73 Å². The minimum atomic E-state index is -4.35. The van der Waals surface area contributed by atoms with Gasteiger partial charge in [-0.2, -0.15) is 13.2 Å². The number of nitrogens with two attached hydrogens (primary N) is 1. The highest BCUT2D eigenvalue weighted by Gasteiger charge is 2.29. The third-order valence-electron chi connectivity index (χ3n) is 4.61. The summed E-state index contributed by atoms with van der Waals surface area (Å²) < 4.78 is 43.5. The molecule has 0 fully saturated rings. The lowest BCUT2D eigenvalue weighted by Gasteiger charge is -2.12. The Morgan fingerprint density at radius 3 is 2.57 bits per heavy atom. The van der Waals surface area contributed by atoms with Gasteiger partial charge in [-0.05, 0) is 47.7 Å². The molecule has 0 saturated heterocycles. The first-order chi connectivity index (χ1) is 14.4. The Morgan fingerprint density at radius 2 is 1.80 bits per heavy atom. The van der Waals surface area contributed by atoms with Crippen molar-refractivity contribution >= 4 is 16.8 Å². The van der Waals surface area contributed by atoms with Crippen molar-refractivity contribution in [3.63, 3.8) is 0 Å². The number of nitrogens with zero attached hydrogens (tertiary/aromatic N) is 3. The van der Waals surface area contributed by atoms with Gasteiger partial charge in [0, 0.05) is 35.9 Å². The molecule has 0 unspecified atom stereocenters. The highest BCUT2D eigenvalue weighted by molar-refractivity contribution is 5.85. The molecular formula is C21H18F3N5O. The second-order valence-electron chi connectivity index (χ2n) is 6.89. The minimum Gasteiger partial charge on any atom is -0.403 e. The van der Waals surface area contributed by atoms with E-state index < -0.39 is 11.7 Å². The maximum atomic E-state index is 12.6. The third-order valence-corrected chi connectivity index (χ3v) is 4.61. The Balaban J connectivity index is 1.35. The first kappa shape index (κ1) is 19.8. The van der Waals surface area contributed by atoms with Gasteiger partial charge in [0.2, 0.25) is 5.89 Å². The van der Waals surface area contributed by atoms with Gasteiger partial charge in [0.15, 0.2) is 0 Å². The molecule has 0 bridgehead atoms. The van der Waals surface area contributed by atoms with E-state index in [4.69, 9.17) is 10.2 Å². The van der Waals surface area contributed by atoms with Crippen LogP contribution in [0.5, 0.6) is 0 Å². The monoisotopic (exact) mass is 413 g/mol. The molecule has 154 valence electrons. The molecule has 0 aliphatic rings. The second-order valence-corrected chi connectivity index (χ2v) is 6.89. The van der Waals surface area contributed by atoms with Gasteiger partial charge < -0.3 is 15.5 Å². The lowest BCUT2D eigenvalue weighted by atomic mass is 10.0. The zero-order valence-electron chi connectivity index (χ0n) is 15.7. The maximum absolute atomic E-state index is 12.6. The number of nitrogens with one attached hydrogen (secondary N) is 1. The fourth-order valence-corrected chi connectivity index (χ4v) is 3.05. The second kappa shape index (κ2) is 8.11. The Labute approximate surface area is 169 Å². The van der Waals surface area contributed by atoms with E-state index in [-0.39, 0.29) is 12.1 Å². The minimum absolute atomic E-state index is 0.225. The van der Waals surface area contributed by atoms with E-state index in [1.807, 2.05) is 24.3 Å². The first-order valence-corrected chi connectivity index (χ1v) is 9.22. The quantitative estimate of drug-likeness (QED) is 0.490. The Hall–Kier alpha value is -3.46. The zero-order valence-corrected chi connectivity index (χ0v) is 15.7. The molecule has 3 N–H and O–H groups in total. The number of benzene rings is 2. The molecule has 2 aromatic carbocycles. The van der Waals surface area contributed by atoms with E-state index in [1.54, 1.807) is 12.4 Å². The number of aromatic nitrogens is 3. The number of anilines is 1. The predicted molar refractivity (Wildman–Crippen MR) is 107 cm³/mol. The van der Waals surface area contributed by atoms with E-state index in [1.165, 1.54) is 12.1 Å². The molecule has 4 rings (SSSR count). The van der Waals surface area contributed by atoms with Gasteiger partial charge in [-0.3, -0.25) is 4.98 Å². The molecule has 2 heterocycles. The summed E-state index contributed by atoms with van der Waals surface area (Å²) in [7, 11) is 0. The van der Waals surface area contributed by atoms with Crippen LogP contribution in [0.4, 0.5) is 19.2 Å². The molecular weight excluding hydrogens is 395 g/mol. The highest BCUT2D eigenvalue weighted by atomic mass is 19.4. The molecule has 2 aromatic heterocycles. The van der Waals surface area contributed by atoms with Gasteiger partial charge in [0.25, 0.3) is 0 Å². The fourth-order valence-electron chi connectivity index (χ4n) is 3.05. The van der Waals surface area contributed by atoms with Gasteiger partial charge in [-0.25, -0.2) is 0 Å². The van der Waals surface area contributed by atoms with Gasteiger partial charge in [0.05, 0.1) is 5.56 Å². The lowest BCUT2D eigenvalue weighted by Crippen LogP contribution is -2.31. The van der Waals surface area contributed by atoms with Crippen molar-refractivity contribution < 1.29 is 17.6 Å². The van der Waals surface area contributed by atoms with Crippen molar-refractivity contribution in [2.45, 2.75) is 18.6 Å². The molecule has 9 heteroatoms. The van der Waals surface area contributed by atoms with Crippen LogP contribution in [-0.4, -0.2) is 27.8 Å². The van der Waals surface area contributed by atoms with E-state index in [0.29, 0.717) is 24.4 Å². The number of rotatable bonds is 6. The molecule has 0 aliphatic carbocycles. The molecule has 0 amide bonds. The van der Waals surface area contributed by atoms with Gasteiger partial charge >= 0.3 is 12.2 Å². The largest absolute Gasteiger partial charge is 0.416 e. The molecule has 4 aromatic rings. The highest BCUT2D eigenvalue weighted by Crippen LogP contribution is 2.29. The molecule has 0 radical (unpaired) electrons. The molecule has 0 aliphatic heterocycles. The van der Waals surface area contributed by atoms with Gasteiger partial charge in [-0.15, -0.1) is 5.10 Å². The van der Waals surface area contributed by atoms with Crippen molar-refractivity contribution in [3.8, 4) is 11.5 Å². The fraction of sp³-hybridized carbons (Fsp3) is 0.190. The summed E-state index contributed by atoms with van der Waals surface area (Å²) in [5, 5.41) is 13.0.